The third-order valence-electron chi connectivity index (χ3n) is 2.31. The first-order valence-electron chi connectivity index (χ1n) is 5.04. The minimum Gasteiger partial charge on any atom is -0.399 e. The smallest absolute Gasteiger partial charge is 0.0531 e. The molecule has 2 rings (SSSR count). The lowest BCUT2D eigenvalue weighted by atomic mass is 10.2. The second kappa shape index (κ2) is 4.58. The lowest BCUT2D eigenvalue weighted by molar-refractivity contribution is 1.43. The van der Waals surface area contributed by atoms with Gasteiger partial charge in [0.25, 0.3) is 0 Å². The lowest BCUT2D eigenvalue weighted by Crippen LogP contribution is -1.92. The molecular formula is C13H13BrN2. The normalized spacial score (nSPS) is 10.1. The van der Waals surface area contributed by atoms with Crippen LogP contribution in [-0.4, -0.2) is 0 Å². The molecule has 0 saturated carbocycles. The molecule has 16 heavy (non-hydrogen) atoms. The van der Waals surface area contributed by atoms with Crippen molar-refractivity contribution in [2.75, 3.05) is 11.1 Å². The van der Waals surface area contributed by atoms with Crippen LogP contribution in [0.4, 0.5) is 17.1 Å². The molecule has 0 atom stereocenters. The van der Waals surface area contributed by atoms with Crippen LogP contribution >= 0.6 is 15.9 Å². The van der Waals surface area contributed by atoms with Crippen LogP contribution in [0.3, 0.4) is 0 Å². The summed E-state index contributed by atoms with van der Waals surface area (Å²) in [5.41, 5.74) is 9.72. The van der Waals surface area contributed by atoms with Crippen molar-refractivity contribution < 1.29 is 0 Å². The fourth-order valence-electron chi connectivity index (χ4n) is 1.46. The van der Waals surface area contributed by atoms with E-state index in [2.05, 4.69) is 40.3 Å². The maximum absolute atomic E-state index is 5.64. The highest BCUT2D eigenvalue weighted by Crippen LogP contribution is 2.27. The molecular weight excluding hydrogens is 264 g/mol. The molecule has 0 aliphatic rings. The van der Waals surface area contributed by atoms with E-state index in [4.69, 9.17) is 5.73 Å². The fraction of sp³-hybridized carbons (Fsp3) is 0.0769. The van der Waals surface area contributed by atoms with Crippen LogP contribution in [0.15, 0.2) is 46.9 Å². The molecule has 0 fully saturated rings. The number of benzene rings is 2. The predicted molar refractivity (Wildman–Crippen MR) is 73.0 cm³/mol. The summed E-state index contributed by atoms with van der Waals surface area (Å²) in [5, 5.41) is 3.34. The van der Waals surface area contributed by atoms with E-state index in [0.717, 1.165) is 21.5 Å². The van der Waals surface area contributed by atoms with Crippen molar-refractivity contribution >= 4 is 33.0 Å². The van der Waals surface area contributed by atoms with Crippen molar-refractivity contribution in [1.82, 2.24) is 0 Å². The molecule has 2 nitrogen and oxygen atoms in total. The van der Waals surface area contributed by atoms with Crippen LogP contribution in [0.2, 0.25) is 0 Å². The summed E-state index contributed by atoms with van der Waals surface area (Å²) in [6.07, 6.45) is 0. The molecule has 0 amide bonds. The van der Waals surface area contributed by atoms with Crippen molar-refractivity contribution in [1.29, 1.82) is 0 Å². The van der Waals surface area contributed by atoms with Gasteiger partial charge < -0.3 is 11.1 Å². The van der Waals surface area contributed by atoms with Crippen LogP contribution < -0.4 is 11.1 Å². The van der Waals surface area contributed by atoms with Crippen LogP contribution in [0, 0.1) is 6.92 Å². The van der Waals surface area contributed by atoms with Gasteiger partial charge in [0.1, 0.15) is 0 Å². The number of hydrogen-bond acceptors (Lipinski definition) is 2. The Morgan fingerprint density at radius 1 is 1.06 bits per heavy atom. The molecule has 0 aromatic heterocycles. The number of hydrogen-bond donors (Lipinski definition) is 2. The number of anilines is 3. The van der Waals surface area contributed by atoms with Gasteiger partial charge in [-0.05, 0) is 64.8 Å². The Morgan fingerprint density at radius 3 is 2.44 bits per heavy atom. The van der Waals surface area contributed by atoms with Gasteiger partial charge in [-0.1, -0.05) is 6.07 Å². The van der Waals surface area contributed by atoms with E-state index in [1.54, 1.807) is 0 Å². The molecule has 0 unspecified atom stereocenters. The summed E-state index contributed by atoms with van der Waals surface area (Å²) < 4.78 is 1.05. The van der Waals surface area contributed by atoms with E-state index >= 15 is 0 Å². The van der Waals surface area contributed by atoms with Crippen LogP contribution in [0.25, 0.3) is 0 Å². The Morgan fingerprint density at radius 2 is 1.75 bits per heavy atom. The van der Waals surface area contributed by atoms with Gasteiger partial charge in [0.05, 0.1) is 5.69 Å². The van der Waals surface area contributed by atoms with E-state index in [9.17, 15) is 0 Å². The topological polar surface area (TPSA) is 38.0 Å². The zero-order valence-electron chi connectivity index (χ0n) is 9.00. The molecule has 0 bridgehead atoms. The van der Waals surface area contributed by atoms with Gasteiger partial charge in [-0.2, -0.15) is 0 Å². The molecule has 3 N–H and O–H groups in total. The first-order chi connectivity index (χ1) is 7.65. The van der Waals surface area contributed by atoms with E-state index in [0.29, 0.717) is 0 Å². The number of rotatable bonds is 2. The van der Waals surface area contributed by atoms with E-state index in [-0.39, 0.29) is 0 Å². The number of aryl methyl sites for hydroxylation is 1. The Kier molecular flexibility index (Phi) is 3.15. The van der Waals surface area contributed by atoms with E-state index in [1.807, 2.05) is 30.3 Å². The Hall–Kier alpha value is -1.48. The zero-order chi connectivity index (χ0) is 11.5. The molecule has 0 heterocycles. The average molecular weight is 277 g/mol. The molecule has 0 spiro atoms. The Labute approximate surface area is 104 Å². The van der Waals surface area contributed by atoms with E-state index < -0.39 is 0 Å². The monoisotopic (exact) mass is 276 g/mol. The van der Waals surface area contributed by atoms with Gasteiger partial charge in [-0.25, -0.2) is 0 Å². The first-order valence-corrected chi connectivity index (χ1v) is 5.83. The number of nitrogens with one attached hydrogen (secondary N) is 1. The van der Waals surface area contributed by atoms with Gasteiger partial charge >= 0.3 is 0 Å². The molecule has 0 aliphatic carbocycles. The van der Waals surface area contributed by atoms with Crippen LogP contribution in [-0.2, 0) is 0 Å². The molecule has 3 heteroatoms. The summed E-state index contributed by atoms with van der Waals surface area (Å²) in [6.45, 7) is 2.07. The van der Waals surface area contributed by atoms with Crippen LogP contribution in [0.1, 0.15) is 5.56 Å². The second-order valence-corrected chi connectivity index (χ2v) is 4.58. The summed E-state index contributed by atoms with van der Waals surface area (Å²) >= 11 is 3.52. The maximum atomic E-state index is 5.64. The van der Waals surface area contributed by atoms with Crippen molar-refractivity contribution in [3.63, 3.8) is 0 Å². The minimum absolute atomic E-state index is 0.772. The molecule has 82 valence electrons. The van der Waals surface area contributed by atoms with Crippen molar-refractivity contribution in [3.05, 3.63) is 52.5 Å². The molecule has 2 aromatic carbocycles. The highest BCUT2D eigenvalue weighted by Gasteiger charge is 2.00. The third kappa shape index (κ3) is 2.55. The van der Waals surface area contributed by atoms with Gasteiger partial charge in [0.15, 0.2) is 0 Å². The quantitative estimate of drug-likeness (QED) is 0.811. The maximum Gasteiger partial charge on any atom is 0.0531 e. The summed E-state index contributed by atoms with van der Waals surface area (Å²) in [6, 6.07) is 13.9. The van der Waals surface area contributed by atoms with Crippen LogP contribution in [0.5, 0.6) is 0 Å². The zero-order valence-corrected chi connectivity index (χ0v) is 10.6. The van der Waals surface area contributed by atoms with Crippen molar-refractivity contribution in [2.45, 2.75) is 6.92 Å². The number of nitrogens with two attached hydrogens (primary N) is 1. The highest BCUT2D eigenvalue weighted by atomic mass is 79.9. The third-order valence-corrected chi connectivity index (χ3v) is 3.00. The predicted octanol–water partition coefficient (Wildman–Crippen LogP) is 4.08. The fourth-order valence-corrected chi connectivity index (χ4v) is 1.80. The van der Waals surface area contributed by atoms with Gasteiger partial charge in [-0.3, -0.25) is 0 Å². The van der Waals surface area contributed by atoms with Gasteiger partial charge in [-0.15, -0.1) is 0 Å². The minimum atomic E-state index is 0.772. The van der Waals surface area contributed by atoms with Crippen molar-refractivity contribution in [2.24, 2.45) is 0 Å². The summed E-state index contributed by atoms with van der Waals surface area (Å²) in [5.74, 6) is 0. The number of halogens is 1. The largest absolute Gasteiger partial charge is 0.399 e. The lowest BCUT2D eigenvalue weighted by Gasteiger charge is -2.09. The average Bonchev–Trinajstić information content (AvgIpc) is 2.27. The van der Waals surface area contributed by atoms with E-state index in [1.165, 1.54) is 5.56 Å². The van der Waals surface area contributed by atoms with Gasteiger partial charge in [0, 0.05) is 15.8 Å². The SMILES string of the molecule is Cc1ccc(Br)c(Nc2ccc(N)cc2)c1. The highest BCUT2D eigenvalue weighted by molar-refractivity contribution is 9.10. The molecule has 0 aliphatic heterocycles. The number of nitrogen functional groups attached to an aromatic ring is 1. The first kappa shape index (κ1) is 11.0. The van der Waals surface area contributed by atoms with Crippen molar-refractivity contribution in [3.8, 4) is 0 Å². The Bertz CT molecular complexity index is 492. The standard InChI is InChI=1S/C13H13BrN2/c1-9-2-7-12(14)13(8-9)16-11-5-3-10(15)4-6-11/h2-8,16H,15H2,1H3. The van der Waals surface area contributed by atoms with Gasteiger partial charge in [0.2, 0.25) is 0 Å². The summed E-state index contributed by atoms with van der Waals surface area (Å²) in [4.78, 5) is 0. The summed E-state index contributed by atoms with van der Waals surface area (Å²) in [7, 11) is 0. The molecule has 0 radical (unpaired) electrons. The second-order valence-electron chi connectivity index (χ2n) is 3.73. The molecule has 0 saturated heterocycles. The molecule has 2 aromatic rings. The Balaban J connectivity index is 2.26.